The number of methoxy groups -OCH3 is 1. The minimum atomic E-state index is 0. The minimum Gasteiger partial charge on any atom is -0.496 e. The highest BCUT2D eigenvalue weighted by Gasteiger charge is 2.47. The monoisotopic (exact) mass is 366 g/mol. The summed E-state index contributed by atoms with van der Waals surface area (Å²) in [5.41, 5.74) is 1.67. The van der Waals surface area contributed by atoms with Crippen LogP contribution in [0, 0.1) is 5.92 Å². The van der Waals surface area contributed by atoms with Crippen LogP contribution in [0.3, 0.4) is 0 Å². The summed E-state index contributed by atoms with van der Waals surface area (Å²) < 4.78 is 11.3. The van der Waals surface area contributed by atoms with Crippen molar-refractivity contribution in [3.05, 3.63) is 29.8 Å². The molecule has 0 radical (unpaired) electrons. The standard InChI is InChI=1S/C20H30N2O2.ClH/c1-23-19-8-3-2-6-16(19)20(9-10-20)14-22-17-7-4-5-15(17)18-13-24-12-11-21-18;/h2-3,6,8,15,17-18,21-22H,4-5,7,9-14H2,1H3;1H. The quantitative estimate of drug-likeness (QED) is 0.812. The van der Waals surface area contributed by atoms with E-state index < -0.39 is 0 Å². The van der Waals surface area contributed by atoms with E-state index in [9.17, 15) is 0 Å². The van der Waals surface area contributed by atoms with Crippen LogP contribution in [0.5, 0.6) is 5.75 Å². The predicted molar refractivity (Wildman–Crippen MR) is 103 cm³/mol. The van der Waals surface area contributed by atoms with Crippen LogP contribution in [0.15, 0.2) is 24.3 Å². The largest absolute Gasteiger partial charge is 0.496 e. The fourth-order valence-electron chi connectivity index (χ4n) is 4.69. The number of hydrogen-bond acceptors (Lipinski definition) is 4. The molecule has 1 heterocycles. The van der Waals surface area contributed by atoms with Crippen molar-refractivity contribution in [2.24, 2.45) is 5.92 Å². The van der Waals surface area contributed by atoms with Crippen LogP contribution >= 0.6 is 12.4 Å². The highest BCUT2D eigenvalue weighted by atomic mass is 35.5. The Morgan fingerprint density at radius 3 is 2.84 bits per heavy atom. The lowest BCUT2D eigenvalue weighted by Crippen LogP contribution is -2.51. The third-order valence-electron chi connectivity index (χ3n) is 6.27. The molecular weight excluding hydrogens is 336 g/mol. The van der Waals surface area contributed by atoms with E-state index in [-0.39, 0.29) is 17.8 Å². The molecule has 140 valence electrons. The van der Waals surface area contributed by atoms with Gasteiger partial charge in [0, 0.05) is 36.2 Å². The molecule has 4 rings (SSSR count). The minimum absolute atomic E-state index is 0. The van der Waals surface area contributed by atoms with Gasteiger partial charge in [-0.1, -0.05) is 24.6 Å². The van der Waals surface area contributed by atoms with Crippen molar-refractivity contribution < 1.29 is 9.47 Å². The van der Waals surface area contributed by atoms with E-state index >= 15 is 0 Å². The van der Waals surface area contributed by atoms with E-state index in [1.165, 1.54) is 37.7 Å². The molecule has 3 atom stereocenters. The SMILES string of the molecule is COc1ccccc1C1(CNC2CCCC2C2COCCN2)CC1.Cl. The second kappa shape index (κ2) is 8.26. The van der Waals surface area contributed by atoms with Crippen molar-refractivity contribution in [2.75, 3.05) is 33.4 Å². The van der Waals surface area contributed by atoms with Crippen LogP contribution in [0.4, 0.5) is 0 Å². The van der Waals surface area contributed by atoms with Crippen molar-refractivity contribution >= 4 is 12.4 Å². The van der Waals surface area contributed by atoms with Gasteiger partial charge in [-0.05, 0) is 37.7 Å². The molecule has 0 amide bonds. The molecule has 3 aliphatic rings. The van der Waals surface area contributed by atoms with Gasteiger partial charge in [0.1, 0.15) is 5.75 Å². The summed E-state index contributed by atoms with van der Waals surface area (Å²) >= 11 is 0. The highest BCUT2D eigenvalue weighted by Crippen LogP contribution is 2.51. The maximum Gasteiger partial charge on any atom is 0.122 e. The summed E-state index contributed by atoms with van der Waals surface area (Å²) in [6.07, 6.45) is 6.48. The summed E-state index contributed by atoms with van der Waals surface area (Å²) in [7, 11) is 1.78. The Labute approximate surface area is 157 Å². The second-order valence-electron chi connectivity index (χ2n) is 7.70. The van der Waals surface area contributed by atoms with Gasteiger partial charge in [0.05, 0.1) is 20.3 Å². The first-order valence-corrected chi connectivity index (χ1v) is 9.50. The maximum atomic E-state index is 5.69. The summed E-state index contributed by atoms with van der Waals surface area (Å²) in [5.74, 6) is 1.75. The van der Waals surface area contributed by atoms with E-state index in [2.05, 4.69) is 34.9 Å². The molecule has 25 heavy (non-hydrogen) atoms. The van der Waals surface area contributed by atoms with Crippen LogP contribution in [-0.4, -0.2) is 45.5 Å². The lowest BCUT2D eigenvalue weighted by Gasteiger charge is -2.34. The van der Waals surface area contributed by atoms with E-state index in [1.807, 2.05) is 0 Å². The summed E-state index contributed by atoms with van der Waals surface area (Å²) in [6, 6.07) is 9.69. The van der Waals surface area contributed by atoms with Crippen molar-refractivity contribution in [3.63, 3.8) is 0 Å². The molecule has 2 N–H and O–H groups in total. The van der Waals surface area contributed by atoms with Gasteiger partial charge in [-0.25, -0.2) is 0 Å². The first kappa shape index (κ1) is 19.0. The van der Waals surface area contributed by atoms with Gasteiger partial charge < -0.3 is 20.1 Å². The normalized spacial score (nSPS) is 30.5. The maximum absolute atomic E-state index is 5.69. The van der Waals surface area contributed by atoms with Crippen LogP contribution in [0.1, 0.15) is 37.7 Å². The molecule has 3 unspecified atom stereocenters. The first-order chi connectivity index (χ1) is 11.8. The number of nitrogens with one attached hydrogen (secondary N) is 2. The van der Waals surface area contributed by atoms with E-state index in [4.69, 9.17) is 9.47 Å². The molecule has 2 saturated carbocycles. The molecule has 4 nitrogen and oxygen atoms in total. The molecule has 1 aromatic rings. The van der Waals surface area contributed by atoms with E-state index in [1.54, 1.807) is 7.11 Å². The van der Waals surface area contributed by atoms with Crippen molar-refractivity contribution in [1.82, 2.24) is 10.6 Å². The summed E-state index contributed by atoms with van der Waals surface area (Å²) in [4.78, 5) is 0. The van der Waals surface area contributed by atoms with Crippen molar-refractivity contribution in [1.29, 1.82) is 0 Å². The second-order valence-corrected chi connectivity index (χ2v) is 7.70. The lowest BCUT2D eigenvalue weighted by molar-refractivity contribution is 0.0524. The molecule has 1 saturated heterocycles. The zero-order chi connectivity index (χ0) is 16.4. The smallest absolute Gasteiger partial charge is 0.122 e. The summed E-state index contributed by atoms with van der Waals surface area (Å²) in [5, 5.41) is 7.60. The van der Waals surface area contributed by atoms with Gasteiger partial charge in [0.15, 0.2) is 0 Å². The average Bonchev–Trinajstić information content (AvgIpc) is 3.29. The van der Waals surface area contributed by atoms with Crippen molar-refractivity contribution in [3.8, 4) is 5.75 Å². The van der Waals surface area contributed by atoms with Gasteiger partial charge in [-0.15, -0.1) is 12.4 Å². The fourth-order valence-corrected chi connectivity index (χ4v) is 4.69. The Morgan fingerprint density at radius 2 is 2.12 bits per heavy atom. The van der Waals surface area contributed by atoms with E-state index in [0.717, 1.165) is 32.1 Å². The molecule has 0 aromatic heterocycles. The number of morpholine rings is 1. The zero-order valence-electron chi connectivity index (χ0n) is 15.1. The first-order valence-electron chi connectivity index (χ1n) is 9.50. The van der Waals surface area contributed by atoms with Crippen molar-refractivity contribution in [2.45, 2.75) is 49.6 Å². The highest BCUT2D eigenvalue weighted by molar-refractivity contribution is 5.85. The zero-order valence-corrected chi connectivity index (χ0v) is 15.9. The Hall–Kier alpha value is -0.810. The molecule has 3 fully saturated rings. The fraction of sp³-hybridized carbons (Fsp3) is 0.700. The molecule has 2 aliphatic carbocycles. The Bertz CT molecular complexity index is 558. The van der Waals surface area contributed by atoms with Gasteiger partial charge in [-0.3, -0.25) is 0 Å². The van der Waals surface area contributed by atoms with Gasteiger partial charge in [0.25, 0.3) is 0 Å². The number of rotatable bonds is 6. The van der Waals surface area contributed by atoms with Gasteiger partial charge in [-0.2, -0.15) is 0 Å². The van der Waals surface area contributed by atoms with Gasteiger partial charge in [0.2, 0.25) is 0 Å². The average molecular weight is 367 g/mol. The van der Waals surface area contributed by atoms with E-state index in [0.29, 0.717) is 18.0 Å². The molecule has 0 spiro atoms. The third kappa shape index (κ3) is 3.97. The van der Waals surface area contributed by atoms with Crippen LogP contribution in [0.25, 0.3) is 0 Å². The predicted octanol–water partition coefficient (Wildman–Crippen LogP) is 2.90. The summed E-state index contributed by atoms with van der Waals surface area (Å²) in [6.45, 7) is 3.81. The number of benzene rings is 1. The number of ether oxygens (including phenoxy) is 2. The molecule has 0 bridgehead atoms. The Morgan fingerprint density at radius 1 is 1.28 bits per heavy atom. The molecule has 5 heteroatoms. The molecule has 1 aliphatic heterocycles. The third-order valence-corrected chi connectivity index (χ3v) is 6.27. The Balaban J connectivity index is 0.00000182. The lowest BCUT2D eigenvalue weighted by atomic mass is 9.91. The Kier molecular flexibility index (Phi) is 6.26. The number of para-hydroxylation sites is 1. The topological polar surface area (TPSA) is 42.5 Å². The number of halogens is 1. The van der Waals surface area contributed by atoms with Crippen LogP contribution in [-0.2, 0) is 10.2 Å². The van der Waals surface area contributed by atoms with Gasteiger partial charge >= 0.3 is 0 Å². The number of hydrogen-bond donors (Lipinski definition) is 2. The van der Waals surface area contributed by atoms with Crippen LogP contribution < -0.4 is 15.4 Å². The molecular formula is C20H31ClN2O2. The van der Waals surface area contributed by atoms with Crippen LogP contribution in [0.2, 0.25) is 0 Å². The molecule has 1 aromatic carbocycles.